The fourth-order valence-electron chi connectivity index (χ4n) is 3.48. The van der Waals surface area contributed by atoms with Crippen molar-refractivity contribution < 1.29 is 0 Å². The van der Waals surface area contributed by atoms with Crippen molar-refractivity contribution in [1.29, 1.82) is 0 Å². The molecule has 0 aliphatic rings. The fourth-order valence-corrected chi connectivity index (χ4v) is 3.48. The molecule has 4 heteroatoms. The van der Waals surface area contributed by atoms with E-state index in [1.807, 2.05) is 42.7 Å². The third-order valence-corrected chi connectivity index (χ3v) is 5.01. The van der Waals surface area contributed by atoms with E-state index in [2.05, 4.69) is 52.4 Å². The quantitative estimate of drug-likeness (QED) is 0.468. The zero-order valence-electron chi connectivity index (χ0n) is 15.1. The Kier molecular flexibility index (Phi) is 3.95. The van der Waals surface area contributed by atoms with Crippen LogP contribution in [0, 0.1) is 0 Å². The van der Waals surface area contributed by atoms with Gasteiger partial charge in [0.25, 0.3) is 5.56 Å². The molecule has 0 aliphatic heterocycles. The molecule has 0 spiro atoms. The van der Waals surface area contributed by atoms with Crippen molar-refractivity contribution >= 4 is 21.7 Å². The van der Waals surface area contributed by atoms with Gasteiger partial charge < -0.3 is 0 Å². The van der Waals surface area contributed by atoms with E-state index in [0.29, 0.717) is 11.9 Å². The summed E-state index contributed by atoms with van der Waals surface area (Å²) in [5.41, 5.74) is 4.08. The van der Waals surface area contributed by atoms with E-state index in [1.54, 1.807) is 10.9 Å². The van der Waals surface area contributed by atoms with Crippen molar-refractivity contribution in [3.05, 3.63) is 107 Å². The highest BCUT2D eigenvalue weighted by Crippen LogP contribution is 2.24. The number of pyridine rings is 1. The van der Waals surface area contributed by atoms with Crippen LogP contribution in [-0.4, -0.2) is 14.5 Å². The number of fused-ring (bicyclic) bond motifs is 2. The van der Waals surface area contributed by atoms with Crippen LogP contribution in [-0.2, 0) is 6.54 Å². The van der Waals surface area contributed by atoms with Gasteiger partial charge in [0.2, 0.25) is 0 Å². The van der Waals surface area contributed by atoms with E-state index in [0.717, 1.165) is 27.6 Å². The maximum absolute atomic E-state index is 12.7. The largest absolute Gasteiger partial charge is 0.294 e. The molecule has 5 aromatic rings. The van der Waals surface area contributed by atoms with Gasteiger partial charge in [-0.15, -0.1) is 0 Å². The summed E-state index contributed by atoms with van der Waals surface area (Å²) in [6, 6.07) is 24.1. The second-order valence-corrected chi connectivity index (χ2v) is 6.83. The molecule has 0 aliphatic carbocycles. The van der Waals surface area contributed by atoms with E-state index in [-0.39, 0.29) is 5.56 Å². The lowest BCUT2D eigenvalue weighted by Gasteiger charge is -2.08. The van der Waals surface area contributed by atoms with Gasteiger partial charge in [-0.25, -0.2) is 4.98 Å². The molecule has 5 rings (SSSR count). The Balaban J connectivity index is 1.45. The summed E-state index contributed by atoms with van der Waals surface area (Å²) >= 11 is 0. The molecule has 0 unspecified atom stereocenters. The SMILES string of the molecule is O=c1c2ccccc2ncn1Cc1ccc(-c2ccc3cnccc3c2)cc1. The van der Waals surface area contributed by atoms with Crippen molar-refractivity contribution in [3.8, 4) is 11.1 Å². The molecule has 0 N–H and O–H groups in total. The lowest BCUT2D eigenvalue weighted by atomic mass is 10.0. The van der Waals surface area contributed by atoms with Crippen LogP contribution in [0.1, 0.15) is 5.56 Å². The highest BCUT2D eigenvalue weighted by atomic mass is 16.1. The van der Waals surface area contributed by atoms with Crippen molar-refractivity contribution in [3.63, 3.8) is 0 Å². The molecule has 0 radical (unpaired) electrons. The van der Waals surface area contributed by atoms with Gasteiger partial charge in [-0.05, 0) is 46.3 Å². The van der Waals surface area contributed by atoms with Gasteiger partial charge in [-0.1, -0.05) is 48.5 Å². The first-order valence-electron chi connectivity index (χ1n) is 9.15. The van der Waals surface area contributed by atoms with Gasteiger partial charge in [-0.2, -0.15) is 0 Å². The van der Waals surface area contributed by atoms with E-state index in [9.17, 15) is 4.79 Å². The number of benzene rings is 3. The van der Waals surface area contributed by atoms with Crippen molar-refractivity contribution in [2.24, 2.45) is 0 Å². The number of hydrogen-bond acceptors (Lipinski definition) is 3. The first-order chi connectivity index (χ1) is 13.8. The molecule has 2 aromatic heterocycles. The van der Waals surface area contributed by atoms with Crippen LogP contribution in [0.2, 0.25) is 0 Å². The minimum atomic E-state index is -0.0159. The summed E-state index contributed by atoms with van der Waals surface area (Å²) in [5.74, 6) is 0. The highest BCUT2D eigenvalue weighted by Gasteiger charge is 2.05. The van der Waals surface area contributed by atoms with Gasteiger partial charge in [-0.3, -0.25) is 14.3 Å². The van der Waals surface area contributed by atoms with Gasteiger partial charge >= 0.3 is 0 Å². The summed E-state index contributed by atoms with van der Waals surface area (Å²) in [4.78, 5) is 21.2. The van der Waals surface area contributed by atoms with E-state index >= 15 is 0 Å². The zero-order valence-corrected chi connectivity index (χ0v) is 15.1. The van der Waals surface area contributed by atoms with Crippen molar-refractivity contribution in [2.75, 3.05) is 0 Å². The summed E-state index contributed by atoms with van der Waals surface area (Å²) in [6.45, 7) is 0.500. The van der Waals surface area contributed by atoms with Crippen molar-refractivity contribution in [1.82, 2.24) is 14.5 Å². The van der Waals surface area contributed by atoms with Gasteiger partial charge in [0.15, 0.2) is 0 Å². The number of rotatable bonds is 3. The second kappa shape index (κ2) is 6.74. The normalized spacial score (nSPS) is 11.1. The molecule has 0 saturated heterocycles. The molecule has 3 aromatic carbocycles. The third kappa shape index (κ3) is 2.95. The number of para-hydroxylation sites is 1. The summed E-state index contributed by atoms with van der Waals surface area (Å²) in [6.07, 6.45) is 5.30. The molecule has 4 nitrogen and oxygen atoms in total. The van der Waals surface area contributed by atoms with Gasteiger partial charge in [0, 0.05) is 17.8 Å². The molecular weight excluding hydrogens is 346 g/mol. The lowest BCUT2D eigenvalue weighted by molar-refractivity contribution is 0.748. The molecule has 0 amide bonds. The first-order valence-corrected chi connectivity index (χ1v) is 9.15. The Morgan fingerprint density at radius 3 is 2.54 bits per heavy atom. The highest BCUT2D eigenvalue weighted by molar-refractivity contribution is 5.86. The van der Waals surface area contributed by atoms with E-state index < -0.39 is 0 Å². The van der Waals surface area contributed by atoms with Crippen LogP contribution in [0.25, 0.3) is 32.8 Å². The molecule has 28 heavy (non-hydrogen) atoms. The Morgan fingerprint density at radius 2 is 1.64 bits per heavy atom. The van der Waals surface area contributed by atoms with Crippen LogP contribution < -0.4 is 5.56 Å². The zero-order chi connectivity index (χ0) is 18.9. The molecular formula is C24H17N3O. The molecule has 0 bridgehead atoms. The molecule has 0 atom stereocenters. The summed E-state index contributed by atoms with van der Waals surface area (Å²) in [7, 11) is 0. The Morgan fingerprint density at radius 1 is 0.821 bits per heavy atom. The summed E-state index contributed by atoms with van der Waals surface area (Å²) < 4.78 is 1.65. The summed E-state index contributed by atoms with van der Waals surface area (Å²) in [5, 5.41) is 2.95. The molecule has 134 valence electrons. The van der Waals surface area contributed by atoms with Crippen molar-refractivity contribution in [2.45, 2.75) is 6.54 Å². The number of hydrogen-bond donors (Lipinski definition) is 0. The smallest absolute Gasteiger partial charge is 0.261 e. The van der Waals surface area contributed by atoms with Crippen LogP contribution in [0.4, 0.5) is 0 Å². The minimum absolute atomic E-state index is 0.0159. The van der Waals surface area contributed by atoms with Gasteiger partial charge in [0.1, 0.15) is 0 Å². The van der Waals surface area contributed by atoms with Gasteiger partial charge in [0.05, 0.1) is 23.8 Å². The predicted octanol–water partition coefficient (Wildman–Crippen LogP) is 4.66. The standard InChI is InChI=1S/C24H17N3O/c28-24-22-3-1-2-4-23(22)26-16-27(24)15-17-5-7-18(8-6-17)19-9-10-21-14-25-12-11-20(21)13-19/h1-14,16H,15H2. The second-order valence-electron chi connectivity index (χ2n) is 6.83. The predicted molar refractivity (Wildman–Crippen MR) is 112 cm³/mol. The Labute approximate surface area is 161 Å². The monoisotopic (exact) mass is 363 g/mol. The first kappa shape index (κ1) is 16.4. The molecule has 0 saturated carbocycles. The maximum Gasteiger partial charge on any atom is 0.261 e. The average molecular weight is 363 g/mol. The molecule has 0 fully saturated rings. The topological polar surface area (TPSA) is 47.8 Å². The van der Waals surface area contributed by atoms with Crippen LogP contribution in [0.5, 0.6) is 0 Å². The van der Waals surface area contributed by atoms with Crippen LogP contribution in [0.3, 0.4) is 0 Å². The van der Waals surface area contributed by atoms with Crippen LogP contribution in [0.15, 0.2) is 96.3 Å². The maximum atomic E-state index is 12.7. The minimum Gasteiger partial charge on any atom is -0.294 e. The third-order valence-electron chi connectivity index (χ3n) is 5.01. The lowest BCUT2D eigenvalue weighted by Crippen LogP contribution is -2.21. The molecule has 2 heterocycles. The Hall–Kier alpha value is -3.79. The van der Waals surface area contributed by atoms with E-state index in [1.165, 1.54) is 5.39 Å². The van der Waals surface area contributed by atoms with E-state index in [4.69, 9.17) is 0 Å². The average Bonchev–Trinajstić information content (AvgIpc) is 2.76. The van der Waals surface area contributed by atoms with Crippen LogP contribution >= 0.6 is 0 Å². The number of aromatic nitrogens is 3. The Bertz CT molecular complexity index is 1350. The number of nitrogens with zero attached hydrogens (tertiary/aromatic N) is 3. The fraction of sp³-hybridized carbons (Fsp3) is 0.0417.